The van der Waals surface area contributed by atoms with Crippen molar-refractivity contribution in [2.24, 2.45) is 0 Å². The van der Waals surface area contributed by atoms with Crippen molar-refractivity contribution in [2.75, 3.05) is 5.32 Å². The van der Waals surface area contributed by atoms with E-state index < -0.39 is 0 Å². The van der Waals surface area contributed by atoms with E-state index in [-0.39, 0.29) is 16.9 Å². The normalized spacial score (nSPS) is 12.2. The number of hydrogen-bond donors (Lipinski definition) is 1. The summed E-state index contributed by atoms with van der Waals surface area (Å²) in [5.74, 6) is -0.385. The largest absolute Gasteiger partial charge is 0.380 e. The summed E-state index contributed by atoms with van der Waals surface area (Å²) < 4.78 is 13.5. The number of halogens is 2. The lowest BCUT2D eigenvalue weighted by Gasteiger charge is -2.15. The van der Waals surface area contributed by atoms with Crippen molar-refractivity contribution in [1.29, 1.82) is 0 Å². The highest BCUT2D eigenvalue weighted by molar-refractivity contribution is 6.31. The van der Waals surface area contributed by atoms with E-state index in [9.17, 15) is 4.39 Å². The van der Waals surface area contributed by atoms with Crippen LogP contribution in [0.3, 0.4) is 0 Å². The van der Waals surface area contributed by atoms with Gasteiger partial charge in [-0.2, -0.15) is 0 Å². The van der Waals surface area contributed by atoms with Gasteiger partial charge in [-0.25, -0.2) is 4.39 Å². The van der Waals surface area contributed by atoms with Crippen LogP contribution < -0.4 is 5.32 Å². The average Bonchev–Trinajstić information content (AvgIpc) is 2.22. The van der Waals surface area contributed by atoms with Gasteiger partial charge in [-0.1, -0.05) is 23.7 Å². The maximum Gasteiger partial charge on any atom is 0.164 e. The molecule has 1 aromatic rings. The highest BCUT2D eigenvalue weighted by Gasteiger charge is 2.08. The third-order valence-electron chi connectivity index (χ3n) is 2.16. The monoisotopic (exact) mass is 227 g/mol. The van der Waals surface area contributed by atoms with Crippen LogP contribution in [0.4, 0.5) is 10.1 Å². The molecule has 0 heterocycles. The van der Waals surface area contributed by atoms with Gasteiger partial charge in [0.25, 0.3) is 0 Å². The van der Waals surface area contributed by atoms with Crippen molar-refractivity contribution in [3.8, 4) is 0 Å². The van der Waals surface area contributed by atoms with Crippen LogP contribution in [-0.4, -0.2) is 6.04 Å². The molecule has 82 valence electrons. The molecule has 0 aliphatic carbocycles. The van der Waals surface area contributed by atoms with E-state index in [4.69, 9.17) is 11.6 Å². The number of anilines is 1. The van der Waals surface area contributed by atoms with Crippen molar-refractivity contribution < 1.29 is 4.39 Å². The number of hydrogen-bond acceptors (Lipinski definition) is 1. The molecule has 0 radical (unpaired) electrons. The highest BCUT2D eigenvalue weighted by atomic mass is 35.5. The van der Waals surface area contributed by atoms with E-state index in [1.807, 2.05) is 13.0 Å². The molecule has 0 fully saturated rings. The Labute approximate surface area is 95.0 Å². The van der Waals surface area contributed by atoms with Crippen LogP contribution in [0.15, 0.2) is 30.9 Å². The van der Waals surface area contributed by atoms with Gasteiger partial charge in [-0.05, 0) is 31.9 Å². The molecule has 15 heavy (non-hydrogen) atoms. The van der Waals surface area contributed by atoms with Gasteiger partial charge >= 0.3 is 0 Å². The highest BCUT2D eigenvalue weighted by Crippen LogP contribution is 2.23. The first-order valence-corrected chi connectivity index (χ1v) is 5.34. The molecule has 0 aliphatic rings. The molecule has 0 aliphatic heterocycles. The summed E-state index contributed by atoms with van der Waals surface area (Å²) in [7, 11) is 0. The Hall–Kier alpha value is -1.02. The zero-order valence-electron chi connectivity index (χ0n) is 8.76. The molecule has 3 heteroatoms. The molecular formula is C12H15ClFN. The number of nitrogens with one attached hydrogen (secondary N) is 1. The molecule has 0 aromatic heterocycles. The molecule has 1 rings (SSSR count). The van der Waals surface area contributed by atoms with Gasteiger partial charge < -0.3 is 5.32 Å². The number of benzene rings is 1. The Morgan fingerprint density at radius 1 is 1.60 bits per heavy atom. The molecule has 0 bridgehead atoms. The van der Waals surface area contributed by atoms with Gasteiger partial charge in [0.05, 0.1) is 10.7 Å². The Bertz CT molecular complexity index is 338. The minimum atomic E-state index is -0.385. The molecule has 0 spiro atoms. The van der Waals surface area contributed by atoms with Crippen LogP contribution in [-0.2, 0) is 0 Å². The lowest BCUT2D eigenvalue weighted by molar-refractivity contribution is 0.623. The minimum absolute atomic E-state index is 0.149. The molecule has 1 atom stereocenters. The van der Waals surface area contributed by atoms with Crippen LogP contribution in [0.2, 0.25) is 5.02 Å². The van der Waals surface area contributed by atoms with Crippen molar-refractivity contribution in [3.05, 3.63) is 41.7 Å². The van der Waals surface area contributed by atoms with Gasteiger partial charge in [-0.15, -0.1) is 6.58 Å². The van der Waals surface area contributed by atoms with Crippen molar-refractivity contribution in [3.63, 3.8) is 0 Å². The van der Waals surface area contributed by atoms with Crippen molar-refractivity contribution in [1.82, 2.24) is 0 Å². The molecular weight excluding hydrogens is 213 g/mol. The molecule has 0 amide bonds. The van der Waals surface area contributed by atoms with E-state index >= 15 is 0 Å². The molecule has 1 nitrogen and oxygen atoms in total. The topological polar surface area (TPSA) is 12.0 Å². The standard InChI is InChI=1S/C12H15ClFN/c1-3-4-6-9(2)15-11-8-5-7-10(13)12(11)14/h3,5,7-9,15H,1,4,6H2,2H3. The zero-order chi connectivity index (χ0) is 11.3. The van der Waals surface area contributed by atoms with E-state index in [0.29, 0.717) is 5.69 Å². The fraction of sp³-hybridized carbons (Fsp3) is 0.333. The molecule has 1 N–H and O–H groups in total. The first-order chi connectivity index (χ1) is 7.15. The smallest absolute Gasteiger partial charge is 0.164 e. The Balaban J connectivity index is 2.63. The van der Waals surface area contributed by atoms with Crippen molar-refractivity contribution in [2.45, 2.75) is 25.8 Å². The summed E-state index contributed by atoms with van der Waals surface area (Å²) in [6, 6.07) is 5.16. The second-order valence-corrected chi connectivity index (χ2v) is 3.92. The van der Waals surface area contributed by atoms with E-state index in [0.717, 1.165) is 12.8 Å². The third kappa shape index (κ3) is 3.56. The van der Waals surface area contributed by atoms with Crippen LogP contribution in [0, 0.1) is 5.82 Å². The predicted octanol–water partition coefficient (Wildman–Crippen LogP) is 4.25. The van der Waals surface area contributed by atoms with Gasteiger partial charge in [0.1, 0.15) is 0 Å². The van der Waals surface area contributed by atoms with Crippen LogP contribution in [0.5, 0.6) is 0 Å². The SMILES string of the molecule is C=CCCC(C)Nc1cccc(Cl)c1F. The van der Waals surface area contributed by atoms with Crippen LogP contribution in [0.25, 0.3) is 0 Å². The maximum atomic E-state index is 13.5. The second kappa shape index (κ2) is 5.76. The average molecular weight is 228 g/mol. The first-order valence-electron chi connectivity index (χ1n) is 4.96. The Morgan fingerprint density at radius 3 is 3.00 bits per heavy atom. The van der Waals surface area contributed by atoms with Crippen LogP contribution in [0.1, 0.15) is 19.8 Å². The van der Waals surface area contributed by atoms with Gasteiger partial charge in [0.15, 0.2) is 5.82 Å². The van der Waals surface area contributed by atoms with Gasteiger partial charge in [0.2, 0.25) is 0 Å². The summed E-state index contributed by atoms with van der Waals surface area (Å²) in [4.78, 5) is 0. The molecule has 0 saturated carbocycles. The molecule has 0 saturated heterocycles. The van der Waals surface area contributed by atoms with Gasteiger partial charge in [0, 0.05) is 6.04 Å². The summed E-state index contributed by atoms with van der Waals surface area (Å²) in [5, 5.41) is 3.23. The second-order valence-electron chi connectivity index (χ2n) is 3.51. The Kier molecular flexibility index (Phi) is 4.63. The lowest BCUT2D eigenvalue weighted by Crippen LogP contribution is -2.15. The number of rotatable bonds is 5. The summed E-state index contributed by atoms with van der Waals surface area (Å²) >= 11 is 5.67. The predicted molar refractivity (Wildman–Crippen MR) is 63.9 cm³/mol. The summed E-state index contributed by atoms with van der Waals surface area (Å²) in [5.41, 5.74) is 0.457. The first kappa shape index (κ1) is 12.1. The summed E-state index contributed by atoms with van der Waals surface area (Å²) in [6.07, 6.45) is 3.69. The molecule has 1 aromatic carbocycles. The zero-order valence-corrected chi connectivity index (χ0v) is 9.52. The van der Waals surface area contributed by atoms with Crippen LogP contribution >= 0.6 is 11.6 Å². The van der Waals surface area contributed by atoms with E-state index in [1.165, 1.54) is 6.07 Å². The Morgan fingerprint density at radius 2 is 2.33 bits per heavy atom. The fourth-order valence-corrected chi connectivity index (χ4v) is 1.50. The quantitative estimate of drug-likeness (QED) is 0.742. The summed E-state index contributed by atoms with van der Waals surface area (Å²) in [6.45, 7) is 5.65. The minimum Gasteiger partial charge on any atom is -0.380 e. The number of allylic oxidation sites excluding steroid dienone is 1. The van der Waals surface area contributed by atoms with Crippen molar-refractivity contribution >= 4 is 17.3 Å². The van der Waals surface area contributed by atoms with Gasteiger partial charge in [-0.3, -0.25) is 0 Å². The maximum absolute atomic E-state index is 13.5. The van der Waals surface area contributed by atoms with E-state index in [1.54, 1.807) is 12.1 Å². The fourth-order valence-electron chi connectivity index (χ4n) is 1.32. The lowest BCUT2D eigenvalue weighted by atomic mass is 10.1. The third-order valence-corrected chi connectivity index (χ3v) is 2.45. The van der Waals surface area contributed by atoms with E-state index in [2.05, 4.69) is 11.9 Å². The molecule has 1 unspecified atom stereocenters.